The third-order valence-electron chi connectivity index (χ3n) is 21.1. The van der Waals surface area contributed by atoms with Crippen LogP contribution < -0.4 is 0 Å². The monoisotopic (exact) mass is 787 g/mol. The Morgan fingerprint density at radius 3 is 1.35 bits per heavy atom. The summed E-state index contributed by atoms with van der Waals surface area (Å²) in [5.41, 5.74) is 3.72. The molecule has 0 heterocycles. The standard InChI is InChI=1S/C54H90O3/c1-33(2)13-11-15-35(5)43-21-23-45-41-19-17-37-29-39(31-49(55)53(37,9)47(41)25-27-51(43,45)7)57-40-30-38-18-20-42-46-24-22-44(36(6)16-12-14-34(3)4)52(46,8)28-26-48(42)54(38,10)50(56)32-40/h17-18,33-36,39-50,55-56H,11-16,19-32H2,1-10H3/t35-,36-,39?,40?,41?,42?,43-,44-,45?,46?,47?,48?,49?,50?,51-,52-,53+,54+/m1/s1. The maximum atomic E-state index is 12.2. The Balaban J connectivity index is 0.905. The van der Waals surface area contributed by atoms with Gasteiger partial charge in [-0.15, -0.1) is 0 Å². The summed E-state index contributed by atoms with van der Waals surface area (Å²) in [7, 11) is 0. The van der Waals surface area contributed by atoms with Gasteiger partial charge < -0.3 is 14.9 Å². The van der Waals surface area contributed by atoms with Crippen molar-refractivity contribution in [3.05, 3.63) is 23.3 Å². The minimum absolute atomic E-state index is 0.0547. The first kappa shape index (κ1) is 43.0. The lowest BCUT2D eigenvalue weighted by molar-refractivity contribution is -0.148. The second-order valence-corrected chi connectivity index (χ2v) is 24.6. The Bertz CT molecular complexity index is 1370. The van der Waals surface area contributed by atoms with Crippen LogP contribution in [0.5, 0.6) is 0 Å². The van der Waals surface area contributed by atoms with E-state index in [1.807, 2.05) is 0 Å². The summed E-state index contributed by atoms with van der Waals surface area (Å²) in [6.45, 7) is 24.9. The Hall–Kier alpha value is -0.640. The highest BCUT2D eigenvalue weighted by atomic mass is 16.5. The van der Waals surface area contributed by atoms with E-state index >= 15 is 0 Å². The van der Waals surface area contributed by atoms with Gasteiger partial charge in [-0.1, -0.05) is 131 Å². The zero-order valence-corrected chi connectivity index (χ0v) is 38.8. The summed E-state index contributed by atoms with van der Waals surface area (Å²) in [6.07, 6.45) is 29.7. The van der Waals surface area contributed by atoms with Crippen molar-refractivity contribution in [1.29, 1.82) is 0 Å². The number of aliphatic hydroxyl groups is 2. The van der Waals surface area contributed by atoms with Crippen molar-refractivity contribution in [2.24, 2.45) is 92.7 Å². The maximum absolute atomic E-state index is 12.2. The number of aliphatic hydroxyl groups excluding tert-OH is 2. The van der Waals surface area contributed by atoms with Gasteiger partial charge in [0.1, 0.15) is 0 Å². The third-order valence-corrected chi connectivity index (χ3v) is 21.1. The molecule has 8 aliphatic carbocycles. The van der Waals surface area contributed by atoms with Crippen molar-refractivity contribution >= 4 is 0 Å². The minimum atomic E-state index is -0.343. The van der Waals surface area contributed by atoms with Gasteiger partial charge in [0.2, 0.25) is 0 Å². The number of ether oxygens (including phenoxy) is 1. The van der Waals surface area contributed by atoms with E-state index in [0.717, 1.165) is 84.9 Å². The fourth-order valence-electron chi connectivity index (χ4n) is 17.9. The van der Waals surface area contributed by atoms with Gasteiger partial charge in [0.05, 0.1) is 24.4 Å². The molecule has 8 rings (SSSR count). The molecule has 57 heavy (non-hydrogen) atoms. The minimum Gasteiger partial charge on any atom is -0.392 e. The van der Waals surface area contributed by atoms with Crippen LogP contribution in [0.15, 0.2) is 23.3 Å². The van der Waals surface area contributed by atoms with E-state index in [9.17, 15) is 10.2 Å². The molecule has 6 fully saturated rings. The summed E-state index contributed by atoms with van der Waals surface area (Å²) in [4.78, 5) is 0. The highest BCUT2D eigenvalue weighted by Gasteiger charge is 2.63. The molecule has 0 amide bonds. The lowest BCUT2D eigenvalue weighted by Gasteiger charge is -2.60. The van der Waals surface area contributed by atoms with Crippen LogP contribution in [0.25, 0.3) is 0 Å². The summed E-state index contributed by atoms with van der Waals surface area (Å²) in [5, 5.41) is 24.5. The molecule has 0 saturated heterocycles. The van der Waals surface area contributed by atoms with Crippen LogP contribution in [0, 0.1) is 92.7 Å². The van der Waals surface area contributed by atoms with Crippen LogP contribution in [0.2, 0.25) is 0 Å². The molecule has 0 aromatic heterocycles. The van der Waals surface area contributed by atoms with Crippen LogP contribution in [-0.4, -0.2) is 34.6 Å². The fourth-order valence-corrected chi connectivity index (χ4v) is 17.9. The molecule has 0 bridgehead atoms. The average Bonchev–Trinajstić information content (AvgIpc) is 3.69. The molecule has 10 unspecified atom stereocenters. The summed E-state index contributed by atoms with van der Waals surface area (Å²) in [6, 6.07) is 0. The van der Waals surface area contributed by atoms with Crippen molar-refractivity contribution in [1.82, 2.24) is 0 Å². The van der Waals surface area contributed by atoms with Gasteiger partial charge in [-0.2, -0.15) is 0 Å². The Kier molecular flexibility index (Phi) is 12.3. The lowest BCUT2D eigenvalue weighted by atomic mass is 9.46. The van der Waals surface area contributed by atoms with E-state index < -0.39 is 0 Å². The second-order valence-electron chi connectivity index (χ2n) is 24.6. The second kappa shape index (κ2) is 16.2. The van der Waals surface area contributed by atoms with E-state index in [1.54, 1.807) is 0 Å². The molecular weight excluding hydrogens is 697 g/mol. The van der Waals surface area contributed by atoms with Gasteiger partial charge >= 0.3 is 0 Å². The fraction of sp³-hybridized carbons (Fsp3) is 0.926. The normalized spacial score (nSPS) is 48.9. The molecule has 324 valence electrons. The largest absolute Gasteiger partial charge is 0.392 e. The first-order valence-corrected chi connectivity index (χ1v) is 25.4. The summed E-state index contributed by atoms with van der Waals surface area (Å²) in [5.74, 6) is 9.27. The molecule has 2 N–H and O–H groups in total. The van der Waals surface area contributed by atoms with Crippen LogP contribution in [-0.2, 0) is 4.74 Å². The number of fused-ring (bicyclic) bond motifs is 10. The van der Waals surface area contributed by atoms with E-state index in [1.165, 1.54) is 114 Å². The lowest BCUT2D eigenvalue weighted by Crippen LogP contribution is -2.57. The molecular formula is C54H90O3. The van der Waals surface area contributed by atoms with Gasteiger partial charge in [0, 0.05) is 23.7 Å². The molecule has 6 saturated carbocycles. The highest BCUT2D eigenvalue weighted by molar-refractivity contribution is 5.30. The summed E-state index contributed by atoms with van der Waals surface area (Å²) >= 11 is 0. The molecule has 3 nitrogen and oxygen atoms in total. The van der Waals surface area contributed by atoms with Crippen molar-refractivity contribution < 1.29 is 14.9 Å². The van der Waals surface area contributed by atoms with E-state index in [4.69, 9.17) is 4.74 Å². The van der Waals surface area contributed by atoms with Gasteiger partial charge in [0.25, 0.3) is 0 Å². The predicted octanol–water partition coefficient (Wildman–Crippen LogP) is 13.8. The van der Waals surface area contributed by atoms with Crippen LogP contribution in [0.3, 0.4) is 0 Å². The van der Waals surface area contributed by atoms with Crippen LogP contribution >= 0.6 is 0 Å². The predicted molar refractivity (Wildman–Crippen MR) is 238 cm³/mol. The Morgan fingerprint density at radius 1 is 0.561 bits per heavy atom. The average molecular weight is 787 g/mol. The maximum Gasteiger partial charge on any atom is 0.0658 e. The molecule has 0 aromatic rings. The van der Waals surface area contributed by atoms with Crippen molar-refractivity contribution in [3.8, 4) is 0 Å². The topological polar surface area (TPSA) is 49.7 Å². The quantitative estimate of drug-likeness (QED) is 0.194. The molecule has 18 atom stereocenters. The first-order valence-electron chi connectivity index (χ1n) is 25.4. The third kappa shape index (κ3) is 7.26. The van der Waals surface area contributed by atoms with Crippen LogP contribution in [0.4, 0.5) is 0 Å². The number of hydrogen-bond acceptors (Lipinski definition) is 3. The first-order chi connectivity index (χ1) is 27.0. The Labute approximate surface area is 351 Å². The number of hydrogen-bond donors (Lipinski definition) is 2. The Morgan fingerprint density at radius 2 is 0.965 bits per heavy atom. The molecule has 3 heteroatoms. The van der Waals surface area contributed by atoms with Gasteiger partial charge in [-0.05, 0) is 159 Å². The van der Waals surface area contributed by atoms with Gasteiger partial charge in [-0.3, -0.25) is 0 Å². The van der Waals surface area contributed by atoms with E-state index in [0.29, 0.717) is 22.7 Å². The van der Waals surface area contributed by atoms with Gasteiger partial charge in [-0.25, -0.2) is 0 Å². The summed E-state index contributed by atoms with van der Waals surface area (Å²) < 4.78 is 7.08. The smallest absolute Gasteiger partial charge is 0.0658 e. The molecule has 0 aliphatic heterocycles. The zero-order valence-electron chi connectivity index (χ0n) is 38.8. The molecule has 0 radical (unpaired) electrons. The van der Waals surface area contributed by atoms with Crippen LogP contribution in [0.1, 0.15) is 198 Å². The number of rotatable bonds is 12. The SMILES string of the molecule is CC(C)CCC[C@@H](C)[C@H]1CCC2C3CC=C4CC(OC5CC6=CCC7C(CC[C@@]8(C)C7CC[C@@H]8[C@H](C)CCCC(C)C)[C@@]6(C)C(O)C5)CC(O)[C@]4(C)C3CC[C@@]21C. The molecule has 0 aromatic carbocycles. The molecule has 0 spiro atoms. The zero-order chi connectivity index (χ0) is 40.7. The van der Waals surface area contributed by atoms with Crippen molar-refractivity contribution in [3.63, 3.8) is 0 Å². The number of allylic oxidation sites excluding steroid dienone is 2. The van der Waals surface area contributed by atoms with E-state index in [-0.39, 0.29) is 35.2 Å². The van der Waals surface area contributed by atoms with Crippen molar-refractivity contribution in [2.45, 2.75) is 222 Å². The van der Waals surface area contributed by atoms with Crippen molar-refractivity contribution in [2.75, 3.05) is 0 Å². The van der Waals surface area contributed by atoms with E-state index in [2.05, 4.69) is 81.4 Å². The highest BCUT2D eigenvalue weighted by Crippen LogP contribution is 2.69. The molecule has 8 aliphatic rings. The van der Waals surface area contributed by atoms with Gasteiger partial charge in [0.15, 0.2) is 0 Å².